The van der Waals surface area contributed by atoms with Crippen LogP contribution in [0.2, 0.25) is 5.02 Å². The third kappa shape index (κ3) is 6.34. The van der Waals surface area contributed by atoms with Crippen molar-refractivity contribution in [1.29, 1.82) is 0 Å². The molecule has 2 heterocycles. The lowest BCUT2D eigenvalue weighted by Gasteiger charge is -2.46. The van der Waals surface area contributed by atoms with Gasteiger partial charge in [0.15, 0.2) is 0 Å². The average molecular weight is 514 g/mol. The van der Waals surface area contributed by atoms with Crippen molar-refractivity contribution in [2.24, 2.45) is 0 Å². The van der Waals surface area contributed by atoms with Crippen LogP contribution >= 0.6 is 11.6 Å². The van der Waals surface area contributed by atoms with Gasteiger partial charge in [-0.2, -0.15) is 0 Å². The first-order valence-electron chi connectivity index (χ1n) is 12.3. The number of carbonyl (C=O) groups is 1. The molecule has 0 saturated carbocycles. The standard InChI is InChI=1S/C28H33ClFN3O3/c1-20(2)33-12-4-5-23(28(34)35)27(33)32-15-13-31(14-16-32)17-21-8-10-22(11-9-21)18-36-19-24-25(29)6-3-7-26(24)30/h3-12,20,27H,13-19H2,1-2H3,(H,34,35). The highest BCUT2D eigenvalue weighted by Crippen LogP contribution is 2.25. The SMILES string of the molecule is CC(C)N1C=CC=C(C(=O)O)C1N1CCN(Cc2ccc(COCc3c(F)cccc3Cl)cc2)CC1. The summed E-state index contributed by atoms with van der Waals surface area (Å²) in [7, 11) is 0. The van der Waals surface area contributed by atoms with Gasteiger partial charge in [-0.15, -0.1) is 0 Å². The quantitative estimate of drug-likeness (QED) is 0.515. The second-order valence-corrected chi connectivity index (χ2v) is 9.91. The summed E-state index contributed by atoms with van der Waals surface area (Å²) in [5.41, 5.74) is 3.03. The minimum absolute atomic E-state index is 0.126. The summed E-state index contributed by atoms with van der Waals surface area (Å²) in [6.45, 7) is 8.85. The predicted molar refractivity (Wildman–Crippen MR) is 139 cm³/mol. The minimum Gasteiger partial charge on any atom is -0.478 e. The molecule has 8 heteroatoms. The number of allylic oxidation sites excluding steroid dienone is 2. The van der Waals surface area contributed by atoms with E-state index in [0.29, 0.717) is 22.8 Å². The molecule has 0 radical (unpaired) electrons. The third-order valence-electron chi connectivity index (χ3n) is 6.70. The maximum absolute atomic E-state index is 13.9. The van der Waals surface area contributed by atoms with Gasteiger partial charge in [0, 0.05) is 55.6 Å². The average Bonchev–Trinajstić information content (AvgIpc) is 2.87. The summed E-state index contributed by atoms with van der Waals surface area (Å²) in [6.07, 6.45) is 5.28. The van der Waals surface area contributed by atoms with Crippen molar-refractivity contribution < 1.29 is 19.0 Å². The van der Waals surface area contributed by atoms with Gasteiger partial charge in [0.1, 0.15) is 12.0 Å². The number of aliphatic carboxylic acids is 1. The lowest BCUT2D eigenvalue weighted by Crippen LogP contribution is -2.57. The van der Waals surface area contributed by atoms with E-state index in [-0.39, 0.29) is 24.6 Å². The summed E-state index contributed by atoms with van der Waals surface area (Å²) < 4.78 is 19.6. The molecule has 0 amide bonds. The van der Waals surface area contributed by atoms with Crippen LogP contribution in [0.3, 0.4) is 0 Å². The van der Waals surface area contributed by atoms with E-state index in [4.69, 9.17) is 16.3 Å². The van der Waals surface area contributed by atoms with Gasteiger partial charge < -0.3 is 14.7 Å². The Bertz CT molecular complexity index is 1090. The van der Waals surface area contributed by atoms with E-state index >= 15 is 0 Å². The van der Waals surface area contributed by atoms with Gasteiger partial charge in [-0.05, 0) is 49.3 Å². The van der Waals surface area contributed by atoms with E-state index in [9.17, 15) is 14.3 Å². The van der Waals surface area contributed by atoms with Crippen LogP contribution < -0.4 is 0 Å². The molecule has 1 N–H and O–H groups in total. The normalized spacial score (nSPS) is 19.1. The number of halogens is 2. The second-order valence-electron chi connectivity index (χ2n) is 9.50. The first-order valence-corrected chi connectivity index (χ1v) is 12.6. The zero-order chi connectivity index (χ0) is 25.7. The maximum atomic E-state index is 13.9. The summed E-state index contributed by atoms with van der Waals surface area (Å²) >= 11 is 6.06. The Morgan fingerprint density at radius 2 is 1.78 bits per heavy atom. The number of carboxylic acid groups (broad SMARTS) is 1. The van der Waals surface area contributed by atoms with Crippen LogP contribution in [0.1, 0.15) is 30.5 Å². The van der Waals surface area contributed by atoms with Crippen LogP contribution in [0.4, 0.5) is 4.39 Å². The van der Waals surface area contributed by atoms with Crippen LogP contribution in [0.25, 0.3) is 0 Å². The van der Waals surface area contributed by atoms with Crippen molar-refractivity contribution in [1.82, 2.24) is 14.7 Å². The molecule has 1 saturated heterocycles. The summed E-state index contributed by atoms with van der Waals surface area (Å²) in [4.78, 5) is 18.7. The van der Waals surface area contributed by atoms with E-state index in [0.717, 1.165) is 38.3 Å². The Kier molecular flexibility index (Phi) is 8.80. The lowest BCUT2D eigenvalue weighted by molar-refractivity contribution is -0.134. The largest absolute Gasteiger partial charge is 0.478 e. The Morgan fingerprint density at radius 1 is 1.08 bits per heavy atom. The molecule has 1 fully saturated rings. The Balaban J connectivity index is 1.27. The second kappa shape index (κ2) is 12.0. The maximum Gasteiger partial charge on any atom is 0.335 e. The Hall–Kier alpha value is -2.71. The molecule has 2 aliphatic rings. The predicted octanol–water partition coefficient (Wildman–Crippen LogP) is 4.89. The van der Waals surface area contributed by atoms with E-state index in [1.54, 1.807) is 18.2 Å². The first-order chi connectivity index (χ1) is 17.3. The molecule has 0 spiro atoms. The van der Waals surface area contributed by atoms with Gasteiger partial charge in [0.25, 0.3) is 0 Å². The molecule has 0 bridgehead atoms. The van der Waals surface area contributed by atoms with E-state index in [1.807, 2.05) is 24.4 Å². The minimum atomic E-state index is -0.863. The van der Waals surface area contributed by atoms with Crippen LogP contribution in [-0.2, 0) is 29.3 Å². The van der Waals surface area contributed by atoms with Crippen LogP contribution in [0.15, 0.2) is 66.4 Å². The van der Waals surface area contributed by atoms with Gasteiger partial charge in [-0.3, -0.25) is 9.80 Å². The van der Waals surface area contributed by atoms with Crippen molar-refractivity contribution >= 4 is 17.6 Å². The molecule has 2 aromatic rings. The summed E-state index contributed by atoms with van der Waals surface area (Å²) in [5.74, 6) is -1.22. The molecule has 36 heavy (non-hydrogen) atoms. The first kappa shape index (κ1) is 26.4. The smallest absolute Gasteiger partial charge is 0.335 e. The number of hydrogen-bond donors (Lipinski definition) is 1. The third-order valence-corrected chi connectivity index (χ3v) is 7.05. The highest BCUT2D eigenvalue weighted by atomic mass is 35.5. The highest BCUT2D eigenvalue weighted by Gasteiger charge is 2.35. The van der Waals surface area contributed by atoms with Crippen molar-refractivity contribution in [3.8, 4) is 0 Å². The van der Waals surface area contributed by atoms with E-state index in [2.05, 4.69) is 40.7 Å². The van der Waals surface area contributed by atoms with E-state index < -0.39 is 5.97 Å². The number of hydrogen-bond acceptors (Lipinski definition) is 5. The van der Waals surface area contributed by atoms with Gasteiger partial charge in [-0.25, -0.2) is 9.18 Å². The fraction of sp³-hybridized carbons (Fsp3) is 0.393. The number of nitrogens with zero attached hydrogens (tertiary/aromatic N) is 3. The van der Waals surface area contributed by atoms with Gasteiger partial charge >= 0.3 is 5.97 Å². The summed E-state index contributed by atoms with van der Waals surface area (Å²) in [6, 6.07) is 13.1. The van der Waals surface area contributed by atoms with Crippen molar-refractivity contribution in [2.75, 3.05) is 26.2 Å². The fourth-order valence-electron chi connectivity index (χ4n) is 4.70. The molecule has 0 aliphatic carbocycles. The molecular weight excluding hydrogens is 481 g/mol. The molecule has 2 aromatic carbocycles. The zero-order valence-electron chi connectivity index (χ0n) is 20.7. The number of piperazine rings is 1. The van der Waals surface area contributed by atoms with Crippen molar-refractivity contribution in [2.45, 2.75) is 45.8 Å². The lowest BCUT2D eigenvalue weighted by atomic mass is 10.0. The van der Waals surface area contributed by atoms with Gasteiger partial charge in [0.2, 0.25) is 0 Å². The van der Waals surface area contributed by atoms with Crippen LogP contribution in [-0.4, -0.2) is 64.2 Å². The summed E-state index contributed by atoms with van der Waals surface area (Å²) in [5, 5.41) is 10.1. The number of ether oxygens (including phenoxy) is 1. The molecule has 6 nitrogen and oxygen atoms in total. The fourth-order valence-corrected chi connectivity index (χ4v) is 4.92. The number of benzene rings is 2. The Labute approximate surface area is 217 Å². The molecular formula is C28H33ClFN3O3. The van der Waals surface area contributed by atoms with Crippen molar-refractivity contribution in [3.63, 3.8) is 0 Å². The van der Waals surface area contributed by atoms with E-state index in [1.165, 1.54) is 11.6 Å². The molecule has 0 aromatic heterocycles. The topological polar surface area (TPSA) is 56.3 Å². The highest BCUT2D eigenvalue weighted by molar-refractivity contribution is 6.31. The molecule has 1 atom stereocenters. The van der Waals surface area contributed by atoms with Gasteiger partial charge in [-0.1, -0.05) is 41.9 Å². The monoisotopic (exact) mass is 513 g/mol. The number of rotatable bonds is 9. The molecule has 192 valence electrons. The molecule has 4 rings (SSSR count). The zero-order valence-corrected chi connectivity index (χ0v) is 21.5. The van der Waals surface area contributed by atoms with Crippen LogP contribution in [0, 0.1) is 5.82 Å². The van der Waals surface area contributed by atoms with Gasteiger partial charge in [0.05, 0.1) is 18.8 Å². The molecule has 2 aliphatic heterocycles. The number of carboxylic acids is 1. The molecule has 1 unspecified atom stereocenters. The Morgan fingerprint density at radius 3 is 2.42 bits per heavy atom. The van der Waals surface area contributed by atoms with Crippen molar-refractivity contribution in [3.05, 3.63) is 93.9 Å². The van der Waals surface area contributed by atoms with Crippen LogP contribution in [0.5, 0.6) is 0 Å².